The van der Waals surface area contributed by atoms with Crippen molar-refractivity contribution in [2.24, 2.45) is 0 Å². The molecular formula is C20H23ClN2O2S. The number of rotatable bonds is 6. The Labute approximate surface area is 163 Å². The first-order chi connectivity index (χ1) is 12.2. The molecule has 0 aliphatic rings. The van der Waals surface area contributed by atoms with Crippen LogP contribution in [0.1, 0.15) is 36.7 Å². The highest BCUT2D eigenvalue weighted by Crippen LogP contribution is 2.21. The number of carbonyl (C=O) groups excluding carboxylic acids is 2. The van der Waals surface area contributed by atoms with Crippen LogP contribution in [-0.4, -0.2) is 23.1 Å². The summed E-state index contributed by atoms with van der Waals surface area (Å²) in [7, 11) is 0. The third-order valence-corrected chi connectivity index (χ3v) is 4.70. The average molecular weight is 391 g/mol. The van der Waals surface area contributed by atoms with Crippen LogP contribution in [-0.2, 0) is 10.5 Å². The first-order valence-corrected chi connectivity index (χ1v) is 9.81. The normalized spacial score (nSPS) is 11.1. The maximum Gasteiger partial charge on any atom is 0.251 e. The van der Waals surface area contributed by atoms with Gasteiger partial charge in [0.1, 0.15) is 0 Å². The van der Waals surface area contributed by atoms with E-state index in [-0.39, 0.29) is 17.4 Å². The summed E-state index contributed by atoms with van der Waals surface area (Å²) in [5.74, 6) is 0.697. The maximum absolute atomic E-state index is 12.2. The Morgan fingerprint density at radius 2 is 1.81 bits per heavy atom. The third-order valence-electron chi connectivity index (χ3n) is 3.35. The fourth-order valence-electron chi connectivity index (χ4n) is 2.22. The highest BCUT2D eigenvalue weighted by atomic mass is 35.5. The number of benzene rings is 2. The maximum atomic E-state index is 12.2. The first-order valence-electron chi connectivity index (χ1n) is 8.28. The Bertz CT molecular complexity index is 787. The second kappa shape index (κ2) is 9.10. The predicted molar refractivity (Wildman–Crippen MR) is 110 cm³/mol. The molecule has 0 atom stereocenters. The highest BCUT2D eigenvalue weighted by Gasteiger charge is 2.15. The molecule has 2 amide bonds. The average Bonchev–Trinajstić information content (AvgIpc) is 2.55. The van der Waals surface area contributed by atoms with Crippen molar-refractivity contribution in [3.05, 3.63) is 64.7 Å². The summed E-state index contributed by atoms with van der Waals surface area (Å²) in [4.78, 5) is 24.4. The van der Waals surface area contributed by atoms with E-state index in [0.717, 1.165) is 5.56 Å². The van der Waals surface area contributed by atoms with Gasteiger partial charge in [0, 0.05) is 27.6 Å². The minimum Gasteiger partial charge on any atom is -0.347 e. The lowest BCUT2D eigenvalue weighted by atomic mass is 10.1. The summed E-state index contributed by atoms with van der Waals surface area (Å²) in [5, 5.41) is 6.44. The number of carbonyl (C=O) groups is 2. The highest BCUT2D eigenvalue weighted by molar-refractivity contribution is 7.99. The van der Waals surface area contributed by atoms with Crippen molar-refractivity contribution in [2.45, 2.75) is 32.1 Å². The molecule has 138 valence electrons. The van der Waals surface area contributed by atoms with Crippen LogP contribution >= 0.6 is 23.4 Å². The Kier molecular flexibility index (Phi) is 7.12. The number of thioether (sulfide) groups is 1. The van der Waals surface area contributed by atoms with Crippen LogP contribution in [0, 0.1) is 0 Å². The number of hydrogen-bond donors (Lipinski definition) is 2. The van der Waals surface area contributed by atoms with Crippen LogP contribution in [0.15, 0.2) is 48.5 Å². The number of hydrogen-bond acceptors (Lipinski definition) is 3. The summed E-state index contributed by atoms with van der Waals surface area (Å²) in [6.45, 7) is 5.77. The van der Waals surface area contributed by atoms with E-state index in [1.807, 2.05) is 45.0 Å². The van der Waals surface area contributed by atoms with Crippen LogP contribution in [0.2, 0.25) is 5.02 Å². The standard InChI is InChI=1S/C20H23ClN2O2S/c1-20(2,3)23-19(25)14-8-6-9-16(11-14)22-18(24)13-26-12-15-7-4-5-10-17(15)21/h4-11H,12-13H2,1-3H3,(H,22,24)(H,23,25). The zero-order valence-electron chi connectivity index (χ0n) is 15.1. The number of anilines is 1. The summed E-state index contributed by atoms with van der Waals surface area (Å²) < 4.78 is 0. The van der Waals surface area contributed by atoms with Gasteiger partial charge in [-0.15, -0.1) is 11.8 Å². The van der Waals surface area contributed by atoms with Crippen LogP contribution in [0.4, 0.5) is 5.69 Å². The molecule has 0 radical (unpaired) electrons. The topological polar surface area (TPSA) is 58.2 Å². The van der Waals surface area contributed by atoms with Crippen LogP contribution in [0.3, 0.4) is 0 Å². The Morgan fingerprint density at radius 1 is 1.08 bits per heavy atom. The van der Waals surface area contributed by atoms with Gasteiger partial charge in [0.15, 0.2) is 0 Å². The second-order valence-electron chi connectivity index (χ2n) is 6.92. The number of halogens is 1. The Morgan fingerprint density at radius 3 is 2.50 bits per heavy atom. The van der Waals surface area contributed by atoms with Crippen molar-refractivity contribution in [2.75, 3.05) is 11.1 Å². The summed E-state index contributed by atoms with van der Waals surface area (Å²) in [6.07, 6.45) is 0. The molecule has 0 fully saturated rings. The molecule has 26 heavy (non-hydrogen) atoms. The van der Waals surface area contributed by atoms with Crippen LogP contribution in [0.25, 0.3) is 0 Å². The quantitative estimate of drug-likeness (QED) is 0.748. The second-order valence-corrected chi connectivity index (χ2v) is 8.31. The predicted octanol–water partition coefficient (Wildman–Crippen LogP) is 4.74. The first kappa shape index (κ1) is 20.3. The molecule has 0 aromatic heterocycles. The molecule has 0 aliphatic heterocycles. The molecule has 0 bridgehead atoms. The Balaban J connectivity index is 1.88. The molecular weight excluding hydrogens is 368 g/mol. The fourth-order valence-corrected chi connectivity index (χ4v) is 3.33. The van der Waals surface area contributed by atoms with Gasteiger partial charge in [0.2, 0.25) is 5.91 Å². The molecule has 2 N–H and O–H groups in total. The molecule has 0 unspecified atom stereocenters. The number of nitrogens with one attached hydrogen (secondary N) is 2. The molecule has 2 rings (SSSR count). The van der Waals surface area contributed by atoms with E-state index in [2.05, 4.69) is 10.6 Å². The van der Waals surface area contributed by atoms with Gasteiger partial charge >= 0.3 is 0 Å². The molecule has 2 aromatic carbocycles. The van der Waals surface area contributed by atoms with Gasteiger partial charge in [0.25, 0.3) is 5.91 Å². The van der Waals surface area contributed by atoms with Crippen molar-refractivity contribution >= 4 is 40.9 Å². The van der Waals surface area contributed by atoms with Crippen LogP contribution in [0.5, 0.6) is 0 Å². The van der Waals surface area contributed by atoms with E-state index in [9.17, 15) is 9.59 Å². The van der Waals surface area contributed by atoms with Crippen molar-refractivity contribution < 1.29 is 9.59 Å². The molecule has 0 saturated heterocycles. The molecule has 6 heteroatoms. The fraction of sp³-hybridized carbons (Fsp3) is 0.300. The SMILES string of the molecule is CC(C)(C)NC(=O)c1cccc(NC(=O)CSCc2ccccc2Cl)c1. The van der Waals surface area contributed by atoms with Gasteiger partial charge in [-0.05, 0) is 50.6 Å². The van der Waals surface area contributed by atoms with Crippen molar-refractivity contribution in [1.82, 2.24) is 5.32 Å². The molecule has 0 aliphatic carbocycles. The molecule has 0 spiro atoms. The summed E-state index contributed by atoms with van der Waals surface area (Å²) >= 11 is 7.60. The molecule has 0 heterocycles. The van der Waals surface area contributed by atoms with E-state index in [4.69, 9.17) is 11.6 Å². The van der Waals surface area contributed by atoms with Crippen LogP contribution < -0.4 is 10.6 Å². The van der Waals surface area contributed by atoms with Gasteiger partial charge in [-0.3, -0.25) is 9.59 Å². The summed E-state index contributed by atoms with van der Waals surface area (Å²) in [6, 6.07) is 14.5. The minimum absolute atomic E-state index is 0.115. The van der Waals surface area contributed by atoms with E-state index < -0.39 is 0 Å². The number of amides is 2. The lowest BCUT2D eigenvalue weighted by Crippen LogP contribution is -2.40. The smallest absolute Gasteiger partial charge is 0.251 e. The van der Waals surface area contributed by atoms with Gasteiger partial charge in [-0.25, -0.2) is 0 Å². The largest absolute Gasteiger partial charge is 0.347 e. The zero-order chi connectivity index (χ0) is 19.2. The zero-order valence-corrected chi connectivity index (χ0v) is 16.7. The third kappa shape index (κ3) is 6.73. The van der Waals surface area contributed by atoms with Gasteiger partial charge < -0.3 is 10.6 Å². The van der Waals surface area contributed by atoms with E-state index in [0.29, 0.717) is 27.8 Å². The molecule has 2 aromatic rings. The molecule has 4 nitrogen and oxygen atoms in total. The van der Waals surface area contributed by atoms with Crippen molar-refractivity contribution in [1.29, 1.82) is 0 Å². The van der Waals surface area contributed by atoms with Crippen molar-refractivity contribution in [3.63, 3.8) is 0 Å². The minimum atomic E-state index is -0.314. The van der Waals surface area contributed by atoms with Gasteiger partial charge in [-0.2, -0.15) is 0 Å². The van der Waals surface area contributed by atoms with Gasteiger partial charge in [-0.1, -0.05) is 35.9 Å². The van der Waals surface area contributed by atoms with E-state index in [1.54, 1.807) is 24.3 Å². The lowest BCUT2D eigenvalue weighted by Gasteiger charge is -2.20. The summed E-state index contributed by atoms with van der Waals surface area (Å²) in [5.41, 5.74) is 1.82. The molecule has 0 saturated carbocycles. The lowest BCUT2D eigenvalue weighted by molar-refractivity contribution is -0.113. The monoisotopic (exact) mass is 390 g/mol. The Hall–Kier alpha value is -1.98. The van der Waals surface area contributed by atoms with Gasteiger partial charge in [0.05, 0.1) is 5.75 Å². The van der Waals surface area contributed by atoms with E-state index >= 15 is 0 Å². The van der Waals surface area contributed by atoms with Crippen molar-refractivity contribution in [3.8, 4) is 0 Å². The van der Waals surface area contributed by atoms with E-state index in [1.165, 1.54) is 11.8 Å².